The number of hydrogen-bond donors (Lipinski definition) is 1. The molecule has 0 radical (unpaired) electrons. The van der Waals surface area contributed by atoms with Crippen molar-refractivity contribution in [2.24, 2.45) is 0 Å². The molecule has 2 rings (SSSR count). The topological polar surface area (TPSA) is 56.3 Å². The Kier molecular flexibility index (Phi) is 5.47. The second-order valence-corrected chi connectivity index (χ2v) is 4.98. The molecule has 0 aliphatic rings. The Hall–Kier alpha value is -1.72. The van der Waals surface area contributed by atoms with Crippen LogP contribution < -0.4 is 14.8 Å². The van der Waals surface area contributed by atoms with Crippen molar-refractivity contribution in [3.63, 3.8) is 0 Å². The van der Waals surface area contributed by atoms with Crippen LogP contribution in [0, 0.1) is 0 Å². The van der Waals surface area contributed by atoms with E-state index in [1.54, 1.807) is 18.2 Å². The van der Waals surface area contributed by atoms with Crippen molar-refractivity contribution in [1.82, 2.24) is 9.97 Å². The Morgan fingerprint density at radius 1 is 1.19 bits per heavy atom. The number of nitrogens with zero attached hydrogens (tertiary/aromatic N) is 2. The van der Waals surface area contributed by atoms with Gasteiger partial charge in [0.15, 0.2) is 5.82 Å². The van der Waals surface area contributed by atoms with Gasteiger partial charge in [0.1, 0.15) is 12.1 Å². The second-order valence-electron chi connectivity index (χ2n) is 4.17. The molecule has 0 atom stereocenters. The predicted octanol–water partition coefficient (Wildman–Crippen LogP) is 4.41. The molecule has 0 amide bonds. The Bertz CT molecular complexity index is 623. The molecule has 112 valence electrons. The third kappa shape index (κ3) is 3.89. The highest BCUT2D eigenvalue weighted by molar-refractivity contribution is 6.42. The van der Waals surface area contributed by atoms with Crippen molar-refractivity contribution in [1.29, 1.82) is 0 Å². The fraction of sp³-hybridized carbons (Fsp3) is 0.286. The quantitative estimate of drug-likeness (QED) is 0.851. The minimum absolute atomic E-state index is 0.310. The second kappa shape index (κ2) is 7.33. The zero-order valence-corrected chi connectivity index (χ0v) is 13.2. The number of rotatable bonds is 6. The van der Waals surface area contributed by atoms with Gasteiger partial charge in [-0.15, -0.1) is 0 Å². The van der Waals surface area contributed by atoms with Gasteiger partial charge in [-0.25, -0.2) is 4.98 Å². The van der Waals surface area contributed by atoms with Crippen LogP contribution in [0.4, 0.5) is 5.82 Å². The lowest BCUT2D eigenvalue weighted by atomic mass is 10.3. The van der Waals surface area contributed by atoms with Crippen molar-refractivity contribution < 1.29 is 9.47 Å². The Morgan fingerprint density at radius 2 is 2.00 bits per heavy atom. The third-order valence-electron chi connectivity index (χ3n) is 2.62. The summed E-state index contributed by atoms with van der Waals surface area (Å²) in [5, 5.41) is 4.03. The lowest BCUT2D eigenvalue weighted by Crippen LogP contribution is -2.05. The van der Waals surface area contributed by atoms with Gasteiger partial charge in [-0.1, -0.05) is 30.1 Å². The molecule has 0 aliphatic carbocycles. The SMILES string of the molecule is CCCNc1ncnc(Oc2ccc(Cl)c(Cl)c2)c1OC. The summed E-state index contributed by atoms with van der Waals surface area (Å²) in [5.41, 5.74) is 0. The van der Waals surface area contributed by atoms with E-state index in [0.29, 0.717) is 33.2 Å². The summed E-state index contributed by atoms with van der Waals surface area (Å²) in [4.78, 5) is 8.24. The number of nitrogens with one attached hydrogen (secondary N) is 1. The van der Waals surface area contributed by atoms with E-state index in [-0.39, 0.29) is 0 Å². The zero-order chi connectivity index (χ0) is 15.2. The smallest absolute Gasteiger partial charge is 0.268 e. The molecule has 0 fully saturated rings. The van der Waals surface area contributed by atoms with Crippen LogP contribution in [0.3, 0.4) is 0 Å². The standard InChI is InChI=1S/C14H15Cl2N3O2/c1-3-6-17-13-12(20-2)14(19-8-18-13)21-9-4-5-10(15)11(16)7-9/h4-5,7-8H,3,6H2,1-2H3,(H,17,18,19). The average molecular weight is 328 g/mol. The first-order valence-electron chi connectivity index (χ1n) is 6.41. The fourth-order valence-electron chi connectivity index (χ4n) is 1.64. The largest absolute Gasteiger partial charge is 0.489 e. The van der Waals surface area contributed by atoms with E-state index in [1.165, 1.54) is 13.4 Å². The Balaban J connectivity index is 2.28. The van der Waals surface area contributed by atoms with Gasteiger partial charge in [-0.05, 0) is 18.6 Å². The summed E-state index contributed by atoms with van der Waals surface area (Å²) in [6.45, 7) is 2.84. The maximum atomic E-state index is 5.97. The van der Waals surface area contributed by atoms with Crippen molar-refractivity contribution >= 4 is 29.0 Å². The van der Waals surface area contributed by atoms with Gasteiger partial charge in [-0.2, -0.15) is 4.98 Å². The summed E-state index contributed by atoms with van der Waals surface area (Å²) >= 11 is 11.8. The number of methoxy groups -OCH3 is 1. The number of ether oxygens (including phenoxy) is 2. The predicted molar refractivity (Wildman–Crippen MR) is 83.9 cm³/mol. The van der Waals surface area contributed by atoms with Crippen molar-refractivity contribution in [2.75, 3.05) is 19.0 Å². The lowest BCUT2D eigenvalue weighted by Gasteiger charge is -2.13. The van der Waals surface area contributed by atoms with Crippen LogP contribution in [0.2, 0.25) is 10.0 Å². The molecule has 0 spiro atoms. The van der Waals surface area contributed by atoms with Gasteiger partial charge in [0.2, 0.25) is 5.75 Å². The first-order chi connectivity index (χ1) is 10.2. The maximum Gasteiger partial charge on any atom is 0.268 e. The van der Waals surface area contributed by atoms with E-state index in [9.17, 15) is 0 Å². The van der Waals surface area contributed by atoms with Crippen LogP contribution >= 0.6 is 23.2 Å². The summed E-state index contributed by atoms with van der Waals surface area (Å²) in [7, 11) is 1.54. The molecule has 1 aromatic carbocycles. The summed E-state index contributed by atoms with van der Waals surface area (Å²) in [6, 6.07) is 4.97. The van der Waals surface area contributed by atoms with Gasteiger partial charge < -0.3 is 14.8 Å². The van der Waals surface area contributed by atoms with Crippen molar-refractivity contribution in [3.8, 4) is 17.4 Å². The molecule has 0 bridgehead atoms. The molecular formula is C14H15Cl2N3O2. The minimum atomic E-state index is 0.310. The normalized spacial score (nSPS) is 10.3. The van der Waals surface area contributed by atoms with Gasteiger partial charge in [0, 0.05) is 12.6 Å². The molecule has 1 heterocycles. The average Bonchev–Trinajstić information content (AvgIpc) is 2.49. The summed E-state index contributed by atoms with van der Waals surface area (Å²) in [5.74, 6) is 1.86. The van der Waals surface area contributed by atoms with E-state index >= 15 is 0 Å². The molecule has 1 N–H and O–H groups in total. The van der Waals surface area contributed by atoms with Crippen molar-refractivity contribution in [2.45, 2.75) is 13.3 Å². The third-order valence-corrected chi connectivity index (χ3v) is 3.36. The highest BCUT2D eigenvalue weighted by Crippen LogP contribution is 2.35. The van der Waals surface area contributed by atoms with Gasteiger partial charge in [-0.3, -0.25) is 0 Å². The van der Waals surface area contributed by atoms with Crippen LogP contribution in [0.5, 0.6) is 17.4 Å². The molecule has 5 nitrogen and oxygen atoms in total. The monoisotopic (exact) mass is 327 g/mol. The fourth-order valence-corrected chi connectivity index (χ4v) is 1.92. The maximum absolute atomic E-state index is 5.97. The van der Waals surface area contributed by atoms with E-state index in [2.05, 4.69) is 22.2 Å². The number of benzene rings is 1. The molecule has 0 saturated heterocycles. The van der Waals surface area contributed by atoms with Crippen LogP contribution in [0.25, 0.3) is 0 Å². The van der Waals surface area contributed by atoms with Gasteiger partial charge in [0.25, 0.3) is 5.88 Å². The van der Waals surface area contributed by atoms with Gasteiger partial charge >= 0.3 is 0 Å². The van der Waals surface area contributed by atoms with Crippen molar-refractivity contribution in [3.05, 3.63) is 34.6 Å². The Morgan fingerprint density at radius 3 is 2.67 bits per heavy atom. The highest BCUT2D eigenvalue weighted by atomic mass is 35.5. The minimum Gasteiger partial charge on any atom is -0.489 e. The highest BCUT2D eigenvalue weighted by Gasteiger charge is 2.14. The van der Waals surface area contributed by atoms with E-state index in [0.717, 1.165) is 13.0 Å². The molecule has 21 heavy (non-hydrogen) atoms. The number of halogens is 2. The van der Waals surface area contributed by atoms with E-state index in [4.69, 9.17) is 32.7 Å². The van der Waals surface area contributed by atoms with E-state index < -0.39 is 0 Å². The first-order valence-corrected chi connectivity index (χ1v) is 7.17. The van der Waals surface area contributed by atoms with Crippen LogP contribution in [0.15, 0.2) is 24.5 Å². The van der Waals surface area contributed by atoms with Crippen LogP contribution in [-0.2, 0) is 0 Å². The molecule has 0 saturated carbocycles. The van der Waals surface area contributed by atoms with Crippen LogP contribution in [0.1, 0.15) is 13.3 Å². The Labute approximate surface area is 133 Å². The zero-order valence-electron chi connectivity index (χ0n) is 11.7. The first kappa shape index (κ1) is 15.7. The van der Waals surface area contributed by atoms with Crippen LogP contribution in [-0.4, -0.2) is 23.6 Å². The lowest BCUT2D eigenvalue weighted by molar-refractivity contribution is 0.369. The number of aromatic nitrogens is 2. The van der Waals surface area contributed by atoms with E-state index in [1.807, 2.05) is 0 Å². The molecule has 7 heteroatoms. The van der Waals surface area contributed by atoms with Gasteiger partial charge in [0.05, 0.1) is 17.2 Å². The molecule has 0 unspecified atom stereocenters. The molecule has 2 aromatic rings. The molecule has 0 aliphatic heterocycles. The summed E-state index contributed by atoms with van der Waals surface area (Å²) < 4.78 is 11.0. The molecular weight excluding hydrogens is 313 g/mol. The number of anilines is 1. The number of hydrogen-bond acceptors (Lipinski definition) is 5. The molecule has 1 aromatic heterocycles. The summed E-state index contributed by atoms with van der Waals surface area (Å²) in [6.07, 6.45) is 2.38.